The van der Waals surface area contributed by atoms with Crippen LogP contribution in [0.15, 0.2) is 36.5 Å². The van der Waals surface area contributed by atoms with Gasteiger partial charge in [0.15, 0.2) is 0 Å². The zero-order chi connectivity index (χ0) is 14.4. The minimum atomic E-state index is -0.212. The standard InChI is InChI=1S/C15H18N2O3/c1-20-10-12(7-9-18)17-15(19)13-6-2-4-11-5-3-8-16-14(11)13/h2-6,8,12,18H,7,9-10H2,1H3,(H,17,19). The van der Waals surface area contributed by atoms with Crippen LogP contribution in [0.3, 0.4) is 0 Å². The van der Waals surface area contributed by atoms with Gasteiger partial charge in [-0.1, -0.05) is 18.2 Å². The third kappa shape index (κ3) is 3.31. The maximum Gasteiger partial charge on any atom is 0.253 e. The first-order valence-corrected chi connectivity index (χ1v) is 6.50. The smallest absolute Gasteiger partial charge is 0.253 e. The van der Waals surface area contributed by atoms with E-state index in [0.717, 1.165) is 5.39 Å². The number of aromatic nitrogens is 1. The van der Waals surface area contributed by atoms with Gasteiger partial charge in [0.1, 0.15) is 0 Å². The van der Waals surface area contributed by atoms with Crippen molar-refractivity contribution in [2.75, 3.05) is 20.3 Å². The SMILES string of the molecule is COCC(CCO)NC(=O)c1cccc2cccnc12. The lowest BCUT2D eigenvalue weighted by molar-refractivity contribution is 0.0880. The molecule has 106 valence electrons. The molecule has 1 atom stereocenters. The van der Waals surface area contributed by atoms with Crippen LogP contribution in [0.5, 0.6) is 0 Å². The highest BCUT2D eigenvalue weighted by Crippen LogP contribution is 2.16. The molecule has 0 fully saturated rings. The predicted molar refractivity (Wildman–Crippen MR) is 76.6 cm³/mol. The third-order valence-corrected chi connectivity index (χ3v) is 3.06. The summed E-state index contributed by atoms with van der Waals surface area (Å²) in [5, 5.41) is 12.8. The van der Waals surface area contributed by atoms with Crippen LogP contribution in [0.4, 0.5) is 0 Å². The molecule has 0 aliphatic carbocycles. The van der Waals surface area contributed by atoms with Crippen LogP contribution in [-0.4, -0.2) is 42.4 Å². The summed E-state index contributed by atoms with van der Waals surface area (Å²) in [5.41, 5.74) is 1.20. The number of hydrogen-bond acceptors (Lipinski definition) is 4. The van der Waals surface area contributed by atoms with E-state index in [4.69, 9.17) is 9.84 Å². The van der Waals surface area contributed by atoms with Gasteiger partial charge in [-0.15, -0.1) is 0 Å². The van der Waals surface area contributed by atoms with Crippen LogP contribution in [0.25, 0.3) is 10.9 Å². The number of aliphatic hydroxyl groups is 1. The summed E-state index contributed by atoms with van der Waals surface area (Å²) in [6.07, 6.45) is 2.12. The van der Waals surface area contributed by atoms with Gasteiger partial charge in [-0.2, -0.15) is 0 Å². The van der Waals surface area contributed by atoms with E-state index in [1.807, 2.05) is 24.3 Å². The number of fused-ring (bicyclic) bond motifs is 1. The number of carbonyl (C=O) groups is 1. The quantitative estimate of drug-likeness (QED) is 0.834. The molecule has 1 heterocycles. The molecule has 1 aromatic heterocycles. The van der Waals surface area contributed by atoms with Crippen LogP contribution >= 0.6 is 0 Å². The molecular formula is C15H18N2O3. The lowest BCUT2D eigenvalue weighted by Crippen LogP contribution is -2.38. The number of nitrogens with one attached hydrogen (secondary N) is 1. The van der Waals surface area contributed by atoms with E-state index in [2.05, 4.69) is 10.3 Å². The van der Waals surface area contributed by atoms with Crippen LogP contribution in [0.1, 0.15) is 16.8 Å². The average Bonchev–Trinajstić information content (AvgIpc) is 2.47. The lowest BCUT2D eigenvalue weighted by Gasteiger charge is -2.17. The number of hydrogen-bond donors (Lipinski definition) is 2. The molecule has 5 heteroatoms. The average molecular weight is 274 g/mol. The Morgan fingerprint density at radius 3 is 2.95 bits per heavy atom. The largest absolute Gasteiger partial charge is 0.396 e. The molecular weight excluding hydrogens is 256 g/mol. The van der Waals surface area contributed by atoms with Crippen molar-refractivity contribution in [3.8, 4) is 0 Å². The van der Waals surface area contributed by atoms with Crippen LogP contribution in [-0.2, 0) is 4.74 Å². The fourth-order valence-electron chi connectivity index (χ4n) is 2.10. The van der Waals surface area contributed by atoms with Gasteiger partial charge in [0.2, 0.25) is 0 Å². The molecule has 0 aliphatic heterocycles. The zero-order valence-electron chi connectivity index (χ0n) is 11.4. The summed E-state index contributed by atoms with van der Waals surface area (Å²) in [6, 6.07) is 9.03. The second-order valence-corrected chi connectivity index (χ2v) is 4.52. The van der Waals surface area contributed by atoms with E-state index in [1.54, 1.807) is 19.4 Å². The fourth-order valence-corrected chi connectivity index (χ4v) is 2.10. The van der Waals surface area contributed by atoms with Crippen molar-refractivity contribution >= 4 is 16.8 Å². The van der Waals surface area contributed by atoms with Gasteiger partial charge in [-0.25, -0.2) is 0 Å². The van der Waals surface area contributed by atoms with Crippen molar-refractivity contribution in [3.63, 3.8) is 0 Å². The van der Waals surface area contributed by atoms with Gasteiger partial charge in [0, 0.05) is 25.3 Å². The molecule has 20 heavy (non-hydrogen) atoms. The Hall–Kier alpha value is -1.98. The summed E-state index contributed by atoms with van der Waals surface area (Å²) in [5.74, 6) is -0.204. The van der Waals surface area contributed by atoms with E-state index in [9.17, 15) is 4.79 Å². The number of ether oxygens (including phenoxy) is 1. The molecule has 0 bridgehead atoms. The molecule has 1 amide bonds. The number of benzene rings is 1. The summed E-state index contributed by atoms with van der Waals surface area (Å²) in [7, 11) is 1.57. The van der Waals surface area contributed by atoms with Gasteiger partial charge < -0.3 is 15.2 Å². The first-order chi connectivity index (χ1) is 9.76. The van der Waals surface area contributed by atoms with Crippen molar-refractivity contribution in [1.82, 2.24) is 10.3 Å². The Balaban J connectivity index is 2.22. The Bertz CT molecular complexity index is 575. The Morgan fingerprint density at radius 2 is 2.20 bits per heavy atom. The second-order valence-electron chi connectivity index (χ2n) is 4.52. The number of rotatable bonds is 6. The molecule has 2 aromatic rings. The molecule has 0 aliphatic rings. The van der Waals surface area contributed by atoms with E-state index in [0.29, 0.717) is 24.1 Å². The molecule has 1 unspecified atom stereocenters. The number of methoxy groups -OCH3 is 1. The minimum Gasteiger partial charge on any atom is -0.396 e. The first-order valence-electron chi connectivity index (χ1n) is 6.50. The van der Waals surface area contributed by atoms with E-state index < -0.39 is 0 Å². The molecule has 1 aromatic carbocycles. The highest BCUT2D eigenvalue weighted by Gasteiger charge is 2.15. The van der Waals surface area contributed by atoms with Crippen LogP contribution in [0, 0.1) is 0 Å². The molecule has 5 nitrogen and oxygen atoms in total. The number of amides is 1. The Labute approximate surface area is 117 Å². The first kappa shape index (κ1) is 14.4. The van der Waals surface area contributed by atoms with Crippen molar-refractivity contribution in [2.24, 2.45) is 0 Å². The zero-order valence-corrected chi connectivity index (χ0v) is 11.4. The van der Waals surface area contributed by atoms with E-state index >= 15 is 0 Å². The lowest BCUT2D eigenvalue weighted by atomic mass is 10.1. The third-order valence-electron chi connectivity index (χ3n) is 3.06. The number of carbonyl (C=O) groups excluding carboxylic acids is 1. The normalized spacial score (nSPS) is 12.3. The molecule has 0 saturated carbocycles. The van der Waals surface area contributed by atoms with Gasteiger partial charge in [-0.05, 0) is 18.6 Å². The highest BCUT2D eigenvalue weighted by atomic mass is 16.5. The fraction of sp³-hybridized carbons (Fsp3) is 0.333. The van der Waals surface area contributed by atoms with Gasteiger partial charge in [0.25, 0.3) is 5.91 Å². The summed E-state index contributed by atoms with van der Waals surface area (Å²) in [4.78, 5) is 16.6. The molecule has 0 spiro atoms. The summed E-state index contributed by atoms with van der Waals surface area (Å²) >= 11 is 0. The second kappa shape index (κ2) is 6.98. The van der Waals surface area contributed by atoms with E-state index in [-0.39, 0.29) is 18.6 Å². The van der Waals surface area contributed by atoms with Gasteiger partial charge in [-0.3, -0.25) is 9.78 Å². The number of aliphatic hydroxyl groups excluding tert-OH is 1. The molecule has 2 rings (SSSR count). The topological polar surface area (TPSA) is 71.5 Å². The number of nitrogens with zero attached hydrogens (tertiary/aromatic N) is 1. The summed E-state index contributed by atoms with van der Waals surface area (Å²) in [6.45, 7) is 0.368. The Kier molecular flexibility index (Phi) is 5.03. The maximum atomic E-state index is 12.3. The highest BCUT2D eigenvalue weighted by molar-refractivity contribution is 6.05. The van der Waals surface area contributed by atoms with E-state index in [1.165, 1.54) is 0 Å². The van der Waals surface area contributed by atoms with Crippen molar-refractivity contribution in [3.05, 3.63) is 42.1 Å². The molecule has 2 N–H and O–H groups in total. The van der Waals surface area contributed by atoms with Gasteiger partial charge in [0.05, 0.1) is 23.7 Å². The van der Waals surface area contributed by atoms with Crippen molar-refractivity contribution < 1.29 is 14.6 Å². The predicted octanol–water partition coefficient (Wildman–Crippen LogP) is 1.36. The minimum absolute atomic E-state index is 0.00208. The summed E-state index contributed by atoms with van der Waals surface area (Å²) < 4.78 is 5.04. The Morgan fingerprint density at radius 1 is 1.40 bits per heavy atom. The number of para-hydroxylation sites is 1. The number of pyridine rings is 1. The van der Waals surface area contributed by atoms with Crippen LogP contribution < -0.4 is 5.32 Å². The molecule has 0 radical (unpaired) electrons. The van der Waals surface area contributed by atoms with Crippen LogP contribution in [0.2, 0.25) is 0 Å². The van der Waals surface area contributed by atoms with Gasteiger partial charge >= 0.3 is 0 Å². The molecule has 0 saturated heterocycles. The van der Waals surface area contributed by atoms with Crippen molar-refractivity contribution in [1.29, 1.82) is 0 Å². The monoisotopic (exact) mass is 274 g/mol. The van der Waals surface area contributed by atoms with Crippen molar-refractivity contribution in [2.45, 2.75) is 12.5 Å². The maximum absolute atomic E-state index is 12.3.